The number of nitrogens with one attached hydrogen (secondary N) is 1. The van der Waals surface area contributed by atoms with Gasteiger partial charge in [0.05, 0.1) is 32.6 Å². The number of hydrogen-bond acceptors (Lipinski definition) is 8. The Balaban J connectivity index is 2.19. The maximum atomic E-state index is 13.1. The highest BCUT2D eigenvalue weighted by molar-refractivity contribution is 7.92. The van der Waals surface area contributed by atoms with Gasteiger partial charge in [-0.05, 0) is 13.0 Å². The van der Waals surface area contributed by atoms with Crippen molar-refractivity contribution in [3.63, 3.8) is 0 Å². The van der Waals surface area contributed by atoms with Crippen LogP contribution in [0.25, 0.3) is 11.0 Å². The minimum atomic E-state index is -4.23. The van der Waals surface area contributed by atoms with Crippen molar-refractivity contribution >= 4 is 32.7 Å². The Morgan fingerprint density at radius 1 is 1.13 bits per heavy atom. The van der Waals surface area contributed by atoms with Gasteiger partial charge >= 0.3 is 5.97 Å². The Kier molecular flexibility index (Phi) is 5.44. The molecule has 30 heavy (non-hydrogen) atoms. The lowest BCUT2D eigenvalue weighted by Crippen LogP contribution is -2.17. The number of aryl methyl sites for hydroxylation is 2. The molecule has 0 aliphatic rings. The number of nitrogens with zero attached hydrogens (tertiary/aromatic N) is 3. The number of methoxy groups -OCH3 is 3. The van der Waals surface area contributed by atoms with Crippen LogP contribution in [0.15, 0.2) is 23.2 Å². The molecular formula is C18H20N4O7S. The van der Waals surface area contributed by atoms with Crippen molar-refractivity contribution in [2.24, 2.45) is 7.05 Å². The Hall–Kier alpha value is -3.54. The van der Waals surface area contributed by atoms with Crippen LogP contribution in [0.1, 0.15) is 16.1 Å². The number of benzene rings is 1. The molecule has 0 aliphatic carbocycles. The molecule has 0 fully saturated rings. The van der Waals surface area contributed by atoms with E-state index >= 15 is 0 Å². The van der Waals surface area contributed by atoms with Gasteiger partial charge in [0.2, 0.25) is 5.75 Å². The summed E-state index contributed by atoms with van der Waals surface area (Å²) in [6.07, 6.45) is 1.17. The van der Waals surface area contributed by atoms with Crippen LogP contribution < -0.4 is 18.9 Å². The van der Waals surface area contributed by atoms with Gasteiger partial charge in [0.15, 0.2) is 17.1 Å². The van der Waals surface area contributed by atoms with Crippen LogP contribution in [-0.4, -0.2) is 55.6 Å². The quantitative estimate of drug-likeness (QED) is 0.567. The van der Waals surface area contributed by atoms with Crippen molar-refractivity contribution in [3.05, 3.63) is 29.6 Å². The summed E-state index contributed by atoms with van der Waals surface area (Å²) < 4.78 is 45.6. The highest BCUT2D eigenvalue weighted by atomic mass is 32.2. The fraction of sp³-hybridized carbons (Fsp3) is 0.278. The van der Waals surface area contributed by atoms with Gasteiger partial charge in [-0.15, -0.1) is 0 Å². The van der Waals surface area contributed by atoms with E-state index in [-0.39, 0.29) is 33.4 Å². The molecule has 0 atom stereocenters. The SMILES string of the molecule is COc1cc(C(=O)O)c(NS(=O)(=O)c2cnc3c(c2)c(C)nn3C)c(OC)c1OC. The normalized spacial score (nSPS) is 11.4. The number of rotatable bonds is 7. The Labute approximate surface area is 172 Å². The van der Waals surface area contributed by atoms with E-state index in [1.54, 1.807) is 14.0 Å². The predicted octanol–water partition coefficient (Wildman–Crippen LogP) is 1.80. The van der Waals surface area contributed by atoms with Crippen LogP contribution in [0.5, 0.6) is 17.2 Å². The van der Waals surface area contributed by atoms with Crippen LogP contribution in [0.3, 0.4) is 0 Å². The molecule has 2 N–H and O–H groups in total. The molecule has 1 aromatic carbocycles. The summed E-state index contributed by atoms with van der Waals surface area (Å²) in [5, 5.41) is 14.4. The van der Waals surface area contributed by atoms with Gasteiger partial charge < -0.3 is 19.3 Å². The molecule has 160 valence electrons. The van der Waals surface area contributed by atoms with E-state index < -0.39 is 16.0 Å². The highest BCUT2D eigenvalue weighted by Crippen LogP contribution is 2.46. The van der Waals surface area contributed by atoms with Crippen molar-refractivity contribution in [2.45, 2.75) is 11.8 Å². The monoisotopic (exact) mass is 436 g/mol. The number of fused-ring (bicyclic) bond motifs is 1. The van der Waals surface area contributed by atoms with Gasteiger partial charge in [0.1, 0.15) is 10.6 Å². The number of pyridine rings is 1. The summed E-state index contributed by atoms with van der Waals surface area (Å²) in [7, 11) is 1.36. The number of aromatic nitrogens is 3. The second-order valence-corrected chi connectivity index (χ2v) is 7.91. The summed E-state index contributed by atoms with van der Waals surface area (Å²) in [5.74, 6) is -1.41. The summed E-state index contributed by atoms with van der Waals surface area (Å²) in [6, 6.07) is 2.56. The third kappa shape index (κ3) is 3.45. The van der Waals surface area contributed by atoms with Crippen molar-refractivity contribution in [2.75, 3.05) is 26.1 Å². The number of carbonyl (C=O) groups is 1. The lowest BCUT2D eigenvalue weighted by molar-refractivity contribution is 0.0697. The topological polar surface area (TPSA) is 142 Å². The second kappa shape index (κ2) is 7.71. The number of carboxylic acid groups (broad SMARTS) is 1. The van der Waals surface area contributed by atoms with Crippen LogP contribution >= 0.6 is 0 Å². The number of sulfonamides is 1. The predicted molar refractivity (Wildman–Crippen MR) is 107 cm³/mol. The minimum absolute atomic E-state index is 0.0411. The summed E-state index contributed by atoms with van der Waals surface area (Å²) in [6.45, 7) is 1.73. The highest BCUT2D eigenvalue weighted by Gasteiger charge is 2.28. The zero-order valence-electron chi connectivity index (χ0n) is 16.9. The molecule has 0 aliphatic heterocycles. The largest absolute Gasteiger partial charge is 0.493 e. The summed E-state index contributed by atoms with van der Waals surface area (Å²) >= 11 is 0. The van der Waals surface area contributed by atoms with E-state index in [4.69, 9.17) is 14.2 Å². The fourth-order valence-electron chi connectivity index (χ4n) is 3.06. The van der Waals surface area contributed by atoms with Crippen molar-refractivity contribution in [1.29, 1.82) is 0 Å². The molecule has 0 saturated heterocycles. The van der Waals surface area contributed by atoms with E-state index in [0.717, 1.165) is 6.07 Å². The average molecular weight is 436 g/mol. The van der Waals surface area contributed by atoms with E-state index in [9.17, 15) is 18.3 Å². The zero-order chi connectivity index (χ0) is 22.2. The molecule has 0 spiro atoms. The molecule has 2 heterocycles. The molecule has 3 aromatic rings. The van der Waals surface area contributed by atoms with Gasteiger partial charge in [-0.2, -0.15) is 5.10 Å². The average Bonchev–Trinajstić information content (AvgIpc) is 3.00. The first-order valence-corrected chi connectivity index (χ1v) is 10.0. The first-order chi connectivity index (χ1) is 14.1. The Morgan fingerprint density at radius 2 is 1.80 bits per heavy atom. The number of hydrogen-bond donors (Lipinski definition) is 2. The van der Waals surface area contributed by atoms with E-state index in [1.165, 1.54) is 38.3 Å². The maximum absolute atomic E-state index is 13.1. The van der Waals surface area contributed by atoms with Gasteiger partial charge in [0, 0.05) is 24.7 Å². The molecule has 3 rings (SSSR count). The van der Waals surface area contributed by atoms with Gasteiger partial charge in [0.25, 0.3) is 10.0 Å². The van der Waals surface area contributed by atoms with E-state index in [2.05, 4.69) is 14.8 Å². The van der Waals surface area contributed by atoms with Gasteiger partial charge in [-0.3, -0.25) is 9.40 Å². The zero-order valence-corrected chi connectivity index (χ0v) is 17.7. The van der Waals surface area contributed by atoms with Crippen LogP contribution in [0.4, 0.5) is 5.69 Å². The number of ether oxygens (including phenoxy) is 3. The lowest BCUT2D eigenvalue weighted by atomic mass is 10.1. The second-order valence-electron chi connectivity index (χ2n) is 6.23. The minimum Gasteiger partial charge on any atom is -0.493 e. The maximum Gasteiger partial charge on any atom is 0.338 e. The van der Waals surface area contributed by atoms with E-state index in [1.807, 2.05) is 0 Å². The third-order valence-electron chi connectivity index (χ3n) is 4.45. The first kappa shape index (κ1) is 21.2. The van der Waals surface area contributed by atoms with Crippen molar-refractivity contribution in [1.82, 2.24) is 14.8 Å². The number of anilines is 1. The van der Waals surface area contributed by atoms with E-state index in [0.29, 0.717) is 16.7 Å². The summed E-state index contributed by atoms with van der Waals surface area (Å²) in [5.41, 5.74) is 0.443. The van der Waals surface area contributed by atoms with Crippen molar-refractivity contribution in [3.8, 4) is 17.2 Å². The molecule has 11 nitrogen and oxygen atoms in total. The molecule has 0 unspecified atom stereocenters. The third-order valence-corrected chi connectivity index (χ3v) is 5.76. The standard InChI is InChI=1S/C18H20N4O7S/c1-9-11-6-10(8-19-17(11)22(2)20-9)30(25,26)21-14-12(18(23)24)7-13(27-3)15(28-4)16(14)29-5/h6-8,21H,1-5H3,(H,23,24). The smallest absolute Gasteiger partial charge is 0.338 e. The van der Waals surface area contributed by atoms with Crippen LogP contribution in [-0.2, 0) is 17.1 Å². The molecular weight excluding hydrogens is 416 g/mol. The van der Waals surface area contributed by atoms with Crippen LogP contribution in [0.2, 0.25) is 0 Å². The molecule has 0 radical (unpaired) electrons. The molecule has 2 aromatic heterocycles. The number of aromatic carboxylic acids is 1. The fourth-order valence-corrected chi connectivity index (χ4v) is 4.11. The van der Waals surface area contributed by atoms with Crippen LogP contribution in [0, 0.1) is 6.92 Å². The molecule has 0 amide bonds. The van der Waals surface area contributed by atoms with Gasteiger partial charge in [-0.1, -0.05) is 0 Å². The summed E-state index contributed by atoms with van der Waals surface area (Å²) in [4.78, 5) is 15.8. The molecule has 0 bridgehead atoms. The van der Waals surface area contributed by atoms with Gasteiger partial charge in [-0.25, -0.2) is 18.2 Å². The van der Waals surface area contributed by atoms with Crippen molar-refractivity contribution < 1.29 is 32.5 Å². The lowest BCUT2D eigenvalue weighted by Gasteiger charge is -2.19. The Morgan fingerprint density at radius 3 is 2.37 bits per heavy atom. The molecule has 0 saturated carbocycles. The molecule has 12 heteroatoms. The first-order valence-electron chi connectivity index (χ1n) is 8.53. The Bertz CT molecular complexity index is 1250. The number of carboxylic acids is 1.